The van der Waals surface area contributed by atoms with Crippen LogP contribution in [0.5, 0.6) is 11.5 Å². The summed E-state index contributed by atoms with van der Waals surface area (Å²) in [6.45, 7) is 0.662. The molecular formula is C21H23NO3S. The number of amides is 1. The van der Waals surface area contributed by atoms with Crippen molar-refractivity contribution in [2.45, 2.75) is 19.3 Å². The molecule has 1 amide bonds. The number of hydrogen-bond donors (Lipinski definition) is 1. The van der Waals surface area contributed by atoms with Crippen LogP contribution < -0.4 is 14.8 Å². The van der Waals surface area contributed by atoms with E-state index in [2.05, 4.69) is 35.0 Å². The number of carbonyl (C=O) groups excluding carboxylic acids is 1. The van der Waals surface area contributed by atoms with Crippen molar-refractivity contribution >= 4 is 27.3 Å². The minimum atomic E-state index is -0.0908. The molecule has 0 aliphatic carbocycles. The molecular weight excluding hydrogens is 346 g/mol. The third-order valence-corrected chi connectivity index (χ3v) is 5.38. The van der Waals surface area contributed by atoms with Gasteiger partial charge in [-0.25, -0.2) is 0 Å². The number of hydrogen-bond acceptors (Lipinski definition) is 4. The maximum absolute atomic E-state index is 12.3. The molecule has 0 saturated carbocycles. The molecule has 1 aromatic heterocycles. The molecule has 0 radical (unpaired) electrons. The monoisotopic (exact) mass is 369 g/mol. The van der Waals surface area contributed by atoms with E-state index in [0.29, 0.717) is 23.6 Å². The first kappa shape index (κ1) is 18.3. The number of benzene rings is 2. The lowest BCUT2D eigenvalue weighted by Gasteiger charge is -2.10. The minimum absolute atomic E-state index is 0.0908. The van der Waals surface area contributed by atoms with E-state index in [4.69, 9.17) is 9.47 Å². The third kappa shape index (κ3) is 4.17. The summed E-state index contributed by atoms with van der Waals surface area (Å²) in [6.07, 6.45) is 3.03. The summed E-state index contributed by atoms with van der Waals surface area (Å²) >= 11 is 1.79. The lowest BCUT2D eigenvalue weighted by atomic mass is 10.1. The van der Waals surface area contributed by atoms with Gasteiger partial charge in [0.15, 0.2) is 11.5 Å². The summed E-state index contributed by atoms with van der Waals surface area (Å²) in [5, 5.41) is 6.57. The average molecular weight is 369 g/mol. The van der Waals surface area contributed by atoms with Crippen LogP contribution in [0, 0.1) is 0 Å². The summed E-state index contributed by atoms with van der Waals surface area (Å²) in [6, 6.07) is 13.7. The second-order valence-electron chi connectivity index (χ2n) is 6.04. The smallest absolute Gasteiger partial charge is 0.251 e. The third-order valence-electron chi connectivity index (χ3n) is 4.37. The Hall–Kier alpha value is -2.53. The zero-order valence-electron chi connectivity index (χ0n) is 15.1. The second kappa shape index (κ2) is 8.72. The Bertz CT molecular complexity index is 888. The van der Waals surface area contributed by atoms with Gasteiger partial charge in [0.05, 0.1) is 14.2 Å². The molecule has 5 heteroatoms. The van der Waals surface area contributed by atoms with Gasteiger partial charge >= 0.3 is 0 Å². The zero-order valence-corrected chi connectivity index (χ0v) is 15.9. The quantitative estimate of drug-likeness (QED) is 0.587. The molecule has 0 aliphatic heterocycles. The van der Waals surface area contributed by atoms with E-state index in [1.807, 2.05) is 0 Å². The fraction of sp³-hybridized carbons (Fsp3) is 0.286. The van der Waals surface area contributed by atoms with Gasteiger partial charge in [0.25, 0.3) is 5.91 Å². The molecule has 3 rings (SSSR count). The Labute approximate surface area is 157 Å². The Kier molecular flexibility index (Phi) is 6.12. The van der Waals surface area contributed by atoms with Crippen LogP contribution in [0.3, 0.4) is 0 Å². The van der Waals surface area contributed by atoms with E-state index in [9.17, 15) is 4.79 Å². The van der Waals surface area contributed by atoms with E-state index < -0.39 is 0 Å². The van der Waals surface area contributed by atoms with E-state index in [-0.39, 0.29) is 5.91 Å². The highest BCUT2D eigenvalue weighted by Gasteiger charge is 2.10. The first-order chi connectivity index (χ1) is 12.7. The van der Waals surface area contributed by atoms with Gasteiger partial charge in [0.2, 0.25) is 0 Å². The molecule has 1 heterocycles. The molecule has 2 aromatic carbocycles. The maximum atomic E-state index is 12.3. The Morgan fingerprint density at radius 2 is 1.85 bits per heavy atom. The van der Waals surface area contributed by atoms with Gasteiger partial charge in [0, 0.05) is 16.8 Å². The molecule has 0 unspecified atom stereocenters. The molecule has 0 spiro atoms. The number of fused-ring (bicyclic) bond motifs is 1. The van der Waals surface area contributed by atoms with Crippen LogP contribution in [0.15, 0.2) is 47.8 Å². The van der Waals surface area contributed by atoms with Crippen molar-refractivity contribution in [3.8, 4) is 11.5 Å². The fourth-order valence-corrected chi connectivity index (χ4v) is 3.95. The normalized spacial score (nSPS) is 10.7. The van der Waals surface area contributed by atoms with Gasteiger partial charge in [-0.15, -0.1) is 11.3 Å². The number of rotatable bonds is 8. The topological polar surface area (TPSA) is 47.6 Å². The lowest BCUT2D eigenvalue weighted by molar-refractivity contribution is 0.0952. The van der Waals surface area contributed by atoms with Crippen molar-refractivity contribution < 1.29 is 14.3 Å². The Balaban J connectivity index is 1.47. The van der Waals surface area contributed by atoms with Gasteiger partial charge in [0.1, 0.15) is 0 Å². The van der Waals surface area contributed by atoms with Crippen LogP contribution in [0.1, 0.15) is 28.8 Å². The molecule has 136 valence electrons. The van der Waals surface area contributed by atoms with Crippen molar-refractivity contribution in [2.75, 3.05) is 20.8 Å². The maximum Gasteiger partial charge on any atom is 0.251 e. The minimum Gasteiger partial charge on any atom is -0.493 e. The first-order valence-electron chi connectivity index (χ1n) is 8.68. The molecule has 26 heavy (non-hydrogen) atoms. The van der Waals surface area contributed by atoms with E-state index >= 15 is 0 Å². The summed E-state index contributed by atoms with van der Waals surface area (Å²) < 4.78 is 11.8. The molecule has 0 saturated heterocycles. The Morgan fingerprint density at radius 1 is 1.04 bits per heavy atom. The second-order valence-corrected chi connectivity index (χ2v) is 6.95. The molecule has 4 nitrogen and oxygen atoms in total. The number of thiophene rings is 1. The van der Waals surface area contributed by atoms with Gasteiger partial charge in [-0.2, -0.15) is 0 Å². The zero-order chi connectivity index (χ0) is 18.4. The summed E-state index contributed by atoms with van der Waals surface area (Å²) in [4.78, 5) is 12.3. The molecule has 0 fully saturated rings. The highest BCUT2D eigenvalue weighted by molar-refractivity contribution is 7.17. The standard InChI is InChI=1S/C21H23NO3S/c1-24-18-11-10-15(13-19(18)25-2)21(23)22-12-6-5-7-16-14-26-20-9-4-3-8-17(16)20/h3-4,8-11,13-14H,5-7,12H2,1-2H3,(H,22,23). The van der Waals surface area contributed by atoms with Crippen LogP contribution in [-0.2, 0) is 6.42 Å². The molecule has 0 bridgehead atoms. The number of aryl methyl sites for hydroxylation is 1. The van der Waals surface area contributed by atoms with Crippen molar-refractivity contribution in [2.24, 2.45) is 0 Å². The lowest BCUT2D eigenvalue weighted by Crippen LogP contribution is -2.24. The Morgan fingerprint density at radius 3 is 2.65 bits per heavy atom. The molecule has 1 N–H and O–H groups in total. The molecule has 3 aromatic rings. The van der Waals surface area contributed by atoms with Gasteiger partial charge in [-0.05, 0) is 59.9 Å². The van der Waals surface area contributed by atoms with E-state index in [0.717, 1.165) is 19.3 Å². The largest absolute Gasteiger partial charge is 0.493 e. The average Bonchev–Trinajstić information content (AvgIpc) is 3.10. The summed E-state index contributed by atoms with van der Waals surface area (Å²) in [7, 11) is 3.14. The SMILES string of the molecule is COc1ccc(C(=O)NCCCCc2csc3ccccc23)cc1OC. The van der Waals surface area contributed by atoms with Crippen LogP contribution >= 0.6 is 11.3 Å². The van der Waals surface area contributed by atoms with Gasteiger partial charge in [-0.3, -0.25) is 4.79 Å². The fourth-order valence-electron chi connectivity index (χ4n) is 2.95. The van der Waals surface area contributed by atoms with Crippen LogP contribution in [0.25, 0.3) is 10.1 Å². The number of ether oxygens (including phenoxy) is 2. The van der Waals surface area contributed by atoms with Gasteiger partial charge < -0.3 is 14.8 Å². The number of unbranched alkanes of at least 4 members (excludes halogenated alkanes) is 1. The molecule has 0 aliphatic rings. The van der Waals surface area contributed by atoms with Gasteiger partial charge in [-0.1, -0.05) is 18.2 Å². The van der Waals surface area contributed by atoms with E-state index in [1.54, 1.807) is 43.8 Å². The molecule has 0 atom stereocenters. The van der Waals surface area contributed by atoms with E-state index in [1.165, 1.54) is 15.6 Å². The first-order valence-corrected chi connectivity index (χ1v) is 9.56. The highest BCUT2D eigenvalue weighted by atomic mass is 32.1. The summed E-state index contributed by atoms with van der Waals surface area (Å²) in [5.41, 5.74) is 1.98. The van der Waals surface area contributed by atoms with Crippen molar-refractivity contribution in [1.29, 1.82) is 0 Å². The van der Waals surface area contributed by atoms with Crippen molar-refractivity contribution in [3.05, 3.63) is 59.0 Å². The highest BCUT2D eigenvalue weighted by Crippen LogP contribution is 2.28. The number of nitrogens with one attached hydrogen (secondary N) is 1. The van der Waals surface area contributed by atoms with Crippen molar-refractivity contribution in [3.63, 3.8) is 0 Å². The van der Waals surface area contributed by atoms with Crippen LogP contribution in [-0.4, -0.2) is 26.7 Å². The predicted molar refractivity (Wildman–Crippen MR) is 107 cm³/mol. The van der Waals surface area contributed by atoms with Crippen LogP contribution in [0.4, 0.5) is 0 Å². The van der Waals surface area contributed by atoms with Crippen LogP contribution in [0.2, 0.25) is 0 Å². The number of methoxy groups -OCH3 is 2. The number of carbonyl (C=O) groups is 1. The van der Waals surface area contributed by atoms with Crippen molar-refractivity contribution in [1.82, 2.24) is 5.32 Å². The predicted octanol–water partition coefficient (Wildman–Crippen LogP) is 4.67. The summed E-state index contributed by atoms with van der Waals surface area (Å²) in [5.74, 6) is 1.09.